The molecule has 0 saturated carbocycles. The highest BCUT2D eigenvalue weighted by Crippen LogP contribution is 2.25. The van der Waals surface area contributed by atoms with Gasteiger partial charge >= 0.3 is 0 Å². The number of nitrogens with zero attached hydrogens (tertiary/aromatic N) is 2. The first-order valence-electron chi connectivity index (χ1n) is 10.4. The molecule has 1 heterocycles. The van der Waals surface area contributed by atoms with Crippen molar-refractivity contribution < 1.29 is 13.2 Å². The molecule has 0 radical (unpaired) electrons. The van der Waals surface area contributed by atoms with Gasteiger partial charge in [-0.15, -0.1) is 0 Å². The van der Waals surface area contributed by atoms with Crippen LogP contribution in [0.3, 0.4) is 0 Å². The Morgan fingerprint density at radius 3 is 2.53 bits per heavy atom. The van der Waals surface area contributed by atoms with Crippen molar-refractivity contribution in [2.45, 2.75) is 43.2 Å². The van der Waals surface area contributed by atoms with Crippen LogP contribution < -0.4 is 5.32 Å². The minimum Gasteiger partial charge on any atom is -0.344 e. The number of amides is 1. The summed E-state index contributed by atoms with van der Waals surface area (Å²) < 4.78 is 27.9. The molecule has 1 amide bonds. The first kappa shape index (κ1) is 22.5. The SMILES string of the molecule is C[C@H]1CCCCN1S(=O)(=O)c1cccc(C(=O)N[C@@H](CN(C)C)c2ccccc2)c1. The fourth-order valence-corrected chi connectivity index (χ4v) is 5.63. The van der Waals surface area contributed by atoms with E-state index in [-0.39, 0.29) is 22.9 Å². The lowest BCUT2D eigenvalue weighted by Crippen LogP contribution is -2.42. The van der Waals surface area contributed by atoms with Crippen LogP contribution in [0.2, 0.25) is 0 Å². The third-order valence-corrected chi connectivity index (χ3v) is 7.51. The molecule has 162 valence electrons. The second-order valence-corrected chi connectivity index (χ2v) is 10.1. The van der Waals surface area contributed by atoms with E-state index in [1.54, 1.807) is 22.5 Å². The maximum atomic E-state index is 13.1. The van der Waals surface area contributed by atoms with Crippen molar-refractivity contribution in [1.82, 2.24) is 14.5 Å². The number of piperidine rings is 1. The lowest BCUT2D eigenvalue weighted by molar-refractivity contribution is 0.0929. The second kappa shape index (κ2) is 9.73. The molecule has 1 aliphatic rings. The summed E-state index contributed by atoms with van der Waals surface area (Å²) in [5.74, 6) is -0.283. The number of likely N-dealkylation sites (N-methyl/N-ethyl adjacent to an activating group) is 1. The van der Waals surface area contributed by atoms with E-state index < -0.39 is 10.0 Å². The van der Waals surface area contributed by atoms with Gasteiger partial charge in [-0.05, 0) is 57.6 Å². The number of hydrogen-bond donors (Lipinski definition) is 1. The molecule has 0 aromatic heterocycles. The normalized spacial score (nSPS) is 18.9. The van der Waals surface area contributed by atoms with Crippen molar-refractivity contribution in [3.8, 4) is 0 Å². The highest BCUT2D eigenvalue weighted by atomic mass is 32.2. The highest BCUT2D eigenvalue weighted by molar-refractivity contribution is 7.89. The van der Waals surface area contributed by atoms with Crippen LogP contribution in [-0.4, -0.2) is 56.8 Å². The molecule has 3 rings (SSSR count). The third-order valence-electron chi connectivity index (χ3n) is 5.50. The summed E-state index contributed by atoms with van der Waals surface area (Å²) in [6, 6.07) is 15.9. The Labute approximate surface area is 179 Å². The van der Waals surface area contributed by atoms with Crippen LogP contribution >= 0.6 is 0 Å². The fraction of sp³-hybridized carbons (Fsp3) is 0.435. The van der Waals surface area contributed by atoms with Gasteiger partial charge in [0.25, 0.3) is 5.91 Å². The summed E-state index contributed by atoms with van der Waals surface area (Å²) in [7, 11) is 0.285. The summed E-state index contributed by atoms with van der Waals surface area (Å²) in [6.45, 7) is 3.11. The quantitative estimate of drug-likeness (QED) is 0.733. The van der Waals surface area contributed by atoms with E-state index in [0.717, 1.165) is 24.8 Å². The Morgan fingerprint density at radius 1 is 1.13 bits per heavy atom. The maximum Gasteiger partial charge on any atom is 0.251 e. The highest BCUT2D eigenvalue weighted by Gasteiger charge is 2.31. The Morgan fingerprint density at radius 2 is 1.87 bits per heavy atom. The summed E-state index contributed by atoms with van der Waals surface area (Å²) >= 11 is 0. The number of benzene rings is 2. The van der Waals surface area contributed by atoms with Crippen LogP contribution in [0.1, 0.15) is 48.1 Å². The predicted octanol–water partition coefficient (Wildman–Crippen LogP) is 3.28. The molecule has 1 fully saturated rings. The minimum atomic E-state index is -3.62. The first-order valence-corrected chi connectivity index (χ1v) is 11.9. The van der Waals surface area contributed by atoms with Crippen LogP contribution in [0.25, 0.3) is 0 Å². The number of carbonyl (C=O) groups is 1. The zero-order valence-electron chi connectivity index (χ0n) is 17.9. The van der Waals surface area contributed by atoms with Gasteiger partial charge in [-0.3, -0.25) is 4.79 Å². The standard InChI is InChI=1S/C23H31N3O3S/c1-18-10-7-8-15-26(18)30(28,29)21-14-9-13-20(16-21)23(27)24-22(17-25(2)3)19-11-5-4-6-12-19/h4-6,9,11-14,16,18,22H,7-8,10,15,17H2,1-3H3,(H,24,27)/t18-,22-/m0/s1. The van der Waals surface area contributed by atoms with Gasteiger partial charge in [0.05, 0.1) is 10.9 Å². The van der Waals surface area contributed by atoms with Gasteiger partial charge in [-0.25, -0.2) is 8.42 Å². The van der Waals surface area contributed by atoms with Gasteiger partial charge in [0.1, 0.15) is 0 Å². The topological polar surface area (TPSA) is 69.7 Å². The average Bonchev–Trinajstić information content (AvgIpc) is 2.74. The van der Waals surface area contributed by atoms with E-state index in [4.69, 9.17) is 0 Å². The number of carbonyl (C=O) groups excluding carboxylic acids is 1. The Bertz CT molecular complexity index is 961. The van der Waals surface area contributed by atoms with Crippen LogP contribution in [-0.2, 0) is 10.0 Å². The monoisotopic (exact) mass is 429 g/mol. The van der Waals surface area contributed by atoms with Gasteiger partial charge in [0.2, 0.25) is 10.0 Å². The molecule has 2 aromatic carbocycles. The van der Waals surface area contributed by atoms with Gasteiger partial charge in [-0.1, -0.05) is 42.8 Å². The maximum absolute atomic E-state index is 13.1. The van der Waals surface area contributed by atoms with Gasteiger partial charge < -0.3 is 10.2 Å². The number of rotatable bonds is 7. The minimum absolute atomic E-state index is 0.0243. The van der Waals surface area contributed by atoms with E-state index in [2.05, 4.69) is 5.32 Å². The van der Waals surface area contributed by atoms with E-state index in [1.807, 2.05) is 56.3 Å². The Kier molecular flexibility index (Phi) is 7.28. The van der Waals surface area contributed by atoms with Crippen molar-refractivity contribution in [2.24, 2.45) is 0 Å². The van der Waals surface area contributed by atoms with E-state index in [1.165, 1.54) is 6.07 Å². The molecular formula is C23H31N3O3S. The lowest BCUT2D eigenvalue weighted by atomic mass is 10.1. The largest absolute Gasteiger partial charge is 0.344 e. The molecule has 7 heteroatoms. The Balaban J connectivity index is 1.83. The summed E-state index contributed by atoms with van der Waals surface area (Å²) in [6.07, 6.45) is 2.78. The molecule has 0 aliphatic carbocycles. The smallest absolute Gasteiger partial charge is 0.251 e. The number of hydrogen-bond acceptors (Lipinski definition) is 4. The van der Waals surface area contributed by atoms with Crippen LogP contribution in [0.5, 0.6) is 0 Å². The first-order chi connectivity index (χ1) is 14.3. The van der Waals surface area contributed by atoms with Crippen molar-refractivity contribution >= 4 is 15.9 Å². The summed E-state index contributed by atoms with van der Waals surface area (Å²) in [5.41, 5.74) is 1.35. The lowest BCUT2D eigenvalue weighted by Gasteiger charge is -2.32. The van der Waals surface area contributed by atoms with Crippen molar-refractivity contribution in [3.05, 3.63) is 65.7 Å². The summed E-state index contributed by atoms with van der Waals surface area (Å²) in [5, 5.41) is 3.06. The third kappa shape index (κ3) is 5.28. The predicted molar refractivity (Wildman–Crippen MR) is 119 cm³/mol. The molecule has 2 atom stereocenters. The van der Waals surface area contributed by atoms with E-state index in [0.29, 0.717) is 18.7 Å². The van der Waals surface area contributed by atoms with Gasteiger partial charge in [0, 0.05) is 24.7 Å². The second-order valence-electron chi connectivity index (χ2n) is 8.19. The molecule has 30 heavy (non-hydrogen) atoms. The van der Waals surface area contributed by atoms with Crippen molar-refractivity contribution in [3.63, 3.8) is 0 Å². The van der Waals surface area contributed by atoms with Crippen molar-refractivity contribution in [1.29, 1.82) is 0 Å². The fourth-order valence-electron chi connectivity index (χ4n) is 3.89. The van der Waals surface area contributed by atoms with Gasteiger partial charge in [-0.2, -0.15) is 4.31 Å². The number of sulfonamides is 1. The van der Waals surface area contributed by atoms with Gasteiger partial charge in [0.15, 0.2) is 0 Å². The molecule has 6 nitrogen and oxygen atoms in total. The molecular weight excluding hydrogens is 398 g/mol. The molecule has 0 unspecified atom stereocenters. The van der Waals surface area contributed by atoms with E-state index >= 15 is 0 Å². The zero-order chi connectivity index (χ0) is 21.7. The van der Waals surface area contributed by atoms with Crippen LogP contribution in [0.4, 0.5) is 0 Å². The van der Waals surface area contributed by atoms with E-state index in [9.17, 15) is 13.2 Å². The molecule has 1 N–H and O–H groups in total. The van der Waals surface area contributed by atoms with Crippen LogP contribution in [0, 0.1) is 0 Å². The number of nitrogens with one attached hydrogen (secondary N) is 1. The molecule has 0 bridgehead atoms. The van der Waals surface area contributed by atoms with Crippen LogP contribution in [0.15, 0.2) is 59.5 Å². The molecule has 1 saturated heterocycles. The summed E-state index contributed by atoms with van der Waals surface area (Å²) in [4.78, 5) is 15.2. The van der Waals surface area contributed by atoms with Crippen molar-refractivity contribution in [2.75, 3.05) is 27.2 Å². The Hall–Kier alpha value is -2.22. The average molecular weight is 430 g/mol. The zero-order valence-corrected chi connectivity index (χ0v) is 18.7. The molecule has 0 spiro atoms. The molecule has 1 aliphatic heterocycles. The molecule has 2 aromatic rings.